The molecule has 2 rings (SSSR count). The van der Waals surface area contributed by atoms with Crippen molar-refractivity contribution in [1.82, 2.24) is 9.97 Å². The van der Waals surface area contributed by atoms with Gasteiger partial charge in [-0.15, -0.1) is 0 Å². The quantitative estimate of drug-likeness (QED) is 0.666. The van der Waals surface area contributed by atoms with Crippen molar-refractivity contribution < 1.29 is 0 Å². The standard InChI is InChI=1S/C9H5Cl3N2/c10-9(11,12)6-2-1-3-7-8(6)14-5-4-13-7/h1-5H. The molecule has 5 heteroatoms. The number of hydrogen-bond donors (Lipinski definition) is 0. The Morgan fingerprint density at radius 3 is 2.43 bits per heavy atom. The number of para-hydroxylation sites is 1. The summed E-state index contributed by atoms with van der Waals surface area (Å²) in [6.45, 7) is 0. The molecule has 0 N–H and O–H groups in total. The third-order valence-corrected chi connectivity index (χ3v) is 2.41. The lowest BCUT2D eigenvalue weighted by molar-refractivity contribution is 1.21. The number of rotatable bonds is 0. The van der Waals surface area contributed by atoms with Crippen molar-refractivity contribution in [2.45, 2.75) is 3.79 Å². The molecule has 0 saturated heterocycles. The Morgan fingerprint density at radius 1 is 1.00 bits per heavy atom. The Hall–Kier alpha value is -0.570. The fraction of sp³-hybridized carbons (Fsp3) is 0.111. The van der Waals surface area contributed by atoms with Gasteiger partial charge in [-0.3, -0.25) is 9.97 Å². The van der Waals surface area contributed by atoms with Gasteiger partial charge in [-0.05, 0) is 6.07 Å². The Bertz CT molecular complexity index is 460. The van der Waals surface area contributed by atoms with Gasteiger partial charge < -0.3 is 0 Å². The molecule has 0 spiro atoms. The van der Waals surface area contributed by atoms with E-state index in [9.17, 15) is 0 Å². The van der Waals surface area contributed by atoms with Crippen LogP contribution < -0.4 is 0 Å². The SMILES string of the molecule is ClC(Cl)(Cl)c1cccc2nccnc12. The molecule has 1 heterocycles. The first kappa shape index (κ1) is 9.97. The number of nitrogens with zero attached hydrogens (tertiary/aromatic N) is 2. The third-order valence-electron chi connectivity index (χ3n) is 1.80. The largest absolute Gasteiger partial charge is 0.253 e. The van der Waals surface area contributed by atoms with Gasteiger partial charge in [0.1, 0.15) is 0 Å². The predicted molar refractivity (Wildman–Crippen MR) is 58.8 cm³/mol. The summed E-state index contributed by atoms with van der Waals surface area (Å²) in [6.07, 6.45) is 3.17. The summed E-state index contributed by atoms with van der Waals surface area (Å²) in [6, 6.07) is 5.33. The van der Waals surface area contributed by atoms with Crippen LogP contribution in [0.5, 0.6) is 0 Å². The van der Waals surface area contributed by atoms with Crippen LogP contribution in [0.25, 0.3) is 11.0 Å². The molecule has 0 saturated carbocycles. The molecule has 0 radical (unpaired) electrons. The lowest BCUT2D eigenvalue weighted by Gasteiger charge is -2.12. The van der Waals surface area contributed by atoms with Crippen molar-refractivity contribution in [3.63, 3.8) is 0 Å². The highest BCUT2D eigenvalue weighted by atomic mass is 35.6. The Morgan fingerprint density at radius 2 is 1.71 bits per heavy atom. The second-order valence-corrected chi connectivity index (χ2v) is 5.01. The van der Waals surface area contributed by atoms with E-state index in [1.54, 1.807) is 24.5 Å². The minimum absolute atomic E-state index is 0.549. The summed E-state index contributed by atoms with van der Waals surface area (Å²) in [5, 5.41) is 0. The Labute approximate surface area is 95.8 Å². The summed E-state index contributed by atoms with van der Waals surface area (Å²) in [4.78, 5) is 8.25. The van der Waals surface area contributed by atoms with Crippen molar-refractivity contribution in [2.75, 3.05) is 0 Å². The van der Waals surface area contributed by atoms with Gasteiger partial charge in [-0.25, -0.2) is 0 Å². The maximum absolute atomic E-state index is 5.80. The van der Waals surface area contributed by atoms with Gasteiger partial charge in [-0.1, -0.05) is 46.9 Å². The molecule has 1 aromatic carbocycles. The minimum atomic E-state index is -1.46. The van der Waals surface area contributed by atoms with Crippen molar-refractivity contribution in [3.05, 3.63) is 36.2 Å². The summed E-state index contributed by atoms with van der Waals surface area (Å²) >= 11 is 17.4. The van der Waals surface area contributed by atoms with Crippen LogP contribution in [0, 0.1) is 0 Å². The van der Waals surface area contributed by atoms with Crippen LogP contribution in [0.3, 0.4) is 0 Å². The van der Waals surface area contributed by atoms with Gasteiger partial charge >= 0.3 is 0 Å². The van der Waals surface area contributed by atoms with Crippen LogP contribution in [0.1, 0.15) is 5.56 Å². The molecular formula is C9H5Cl3N2. The Kier molecular flexibility index (Phi) is 2.52. The highest BCUT2D eigenvalue weighted by molar-refractivity contribution is 6.67. The van der Waals surface area contributed by atoms with Crippen molar-refractivity contribution in [3.8, 4) is 0 Å². The summed E-state index contributed by atoms with van der Waals surface area (Å²) < 4.78 is -1.46. The van der Waals surface area contributed by atoms with Crippen molar-refractivity contribution in [2.24, 2.45) is 0 Å². The van der Waals surface area contributed by atoms with Gasteiger partial charge in [0, 0.05) is 18.0 Å². The van der Waals surface area contributed by atoms with Crippen LogP contribution in [-0.4, -0.2) is 9.97 Å². The molecule has 1 aromatic heterocycles. The first-order valence-corrected chi connectivity index (χ1v) is 4.99. The molecule has 0 aliphatic carbocycles. The number of halogens is 3. The van der Waals surface area contributed by atoms with E-state index in [4.69, 9.17) is 34.8 Å². The van der Waals surface area contributed by atoms with Crippen molar-refractivity contribution in [1.29, 1.82) is 0 Å². The van der Waals surface area contributed by atoms with E-state index in [1.807, 2.05) is 6.07 Å². The van der Waals surface area contributed by atoms with E-state index in [1.165, 1.54) is 0 Å². The zero-order valence-electron chi connectivity index (χ0n) is 6.92. The molecule has 72 valence electrons. The molecule has 14 heavy (non-hydrogen) atoms. The highest BCUT2D eigenvalue weighted by Gasteiger charge is 2.25. The van der Waals surface area contributed by atoms with Crippen molar-refractivity contribution >= 4 is 45.8 Å². The molecule has 0 aliphatic rings. The average molecular weight is 248 g/mol. The first-order valence-electron chi connectivity index (χ1n) is 3.86. The van der Waals surface area contributed by atoms with Crippen LogP contribution in [0.2, 0.25) is 0 Å². The fourth-order valence-corrected chi connectivity index (χ4v) is 1.68. The van der Waals surface area contributed by atoms with Gasteiger partial charge in [0.15, 0.2) is 0 Å². The van der Waals surface area contributed by atoms with E-state index in [0.29, 0.717) is 11.1 Å². The summed E-state index contributed by atoms with van der Waals surface area (Å²) in [5.74, 6) is 0. The van der Waals surface area contributed by atoms with Crippen LogP contribution in [0.4, 0.5) is 0 Å². The molecule has 0 bridgehead atoms. The second-order valence-electron chi connectivity index (χ2n) is 2.73. The molecule has 2 aromatic rings. The molecule has 0 unspecified atom stereocenters. The van der Waals surface area contributed by atoms with E-state index in [0.717, 1.165) is 5.52 Å². The number of alkyl halides is 3. The normalized spacial score (nSPS) is 11.9. The molecule has 0 aliphatic heterocycles. The molecule has 2 nitrogen and oxygen atoms in total. The zero-order valence-corrected chi connectivity index (χ0v) is 9.18. The van der Waals surface area contributed by atoms with E-state index in [-0.39, 0.29) is 0 Å². The zero-order chi connectivity index (χ0) is 10.2. The smallest absolute Gasteiger partial charge is 0.218 e. The van der Waals surface area contributed by atoms with E-state index < -0.39 is 3.79 Å². The fourth-order valence-electron chi connectivity index (χ4n) is 1.22. The minimum Gasteiger partial charge on any atom is -0.253 e. The van der Waals surface area contributed by atoms with Gasteiger partial charge in [0.2, 0.25) is 3.79 Å². The van der Waals surface area contributed by atoms with Crippen LogP contribution in [0.15, 0.2) is 30.6 Å². The molecular weight excluding hydrogens is 242 g/mol. The van der Waals surface area contributed by atoms with Gasteiger partial charge in [0.05, 0.1) is 11.0 Å². The molecule has 0 amide bonds. The maximum atomic E-state index is 5.80. The number of aromatic nitrogens is 2. The lowest BCUT2D eigenvalue weighted by Crippen LogP contribution is -2.02. The van der Waals surface area contributed by atoms with Gasteiger partial charge in [-0.2, -0.15) is 0 Å². The highest BCUT2D eigenvalue weighted by Crippen LogP contribution is 2.40. The lowest BCUT2D eigenvalue weighted by atomic mass is 10.2. The second kappa shape index (κ2) is 3.54. The average Bonchev–Trinajstić information content (AvgIpc) is 2.15. The topological polar surface area (TPSA) is 25.8 Å². The van der Waals surface area contributed by atoms with E-state index in [2.05, 4.69) is 9.97 Å². The van der Waals surface area contributed by atoms with E-state index >= 15 is 0 Å². The maximum Gasteiger partial charge on any atom is 0.218 e. The Balaban J connectivity index is 2.78. The molecule has 0 atom stereocenters. The van der Waals surface area contributed by atoms with Crippen LogP contribution >= 0.6 is 34.8 Å². The summed E-state index contributed by atoms with van der Waals surface area (Å²) in [5.41, 5.74) is 1.89. The summed E-state index contributed by atoms with van der Waals surface area (Å²) in [7, 11) is 0. The van der Waals surface area contributed by atoms with Gasteiger partial charge in [0.25, 0.3) is 0 Å². The molecule has 0 fully saturated rings. The van der Waals surface area contributed by atoms with Crippen LogP contribution in [-0.2, 0) is 3.79 Å². The number of hydrogen-bond acceptors (Lipinski definition) is 2. The first-order chi connectivity index (χ1) is 6.59. The monoisotopic (exact) mass is 246 g/mol. The predicted octanol–water partition coefficient (Wildman–Crippen LogP) is 3.46. The number of benzene rings is 1. The third kappa shape index (κ3) is 1.78. The number of fused-ring (bicyclic) bond motifs is 1.